The molecular formula is C42H25NO2. The maximum atomic E-state index is 6.46. The van der Waals surface area contributed by atoms with Crippen LogP contribution in [0.1, 0.15) is 0 Å². The molecular weight excluding hydrogens is 550 g/mol. The summed E-state index contributed by atoms with van der Waals surface area (Å²) in [6.07, 6.45) is 0. The predicted molar refractivity (Wildman–Crippen MR) is 186 cm³/mol. The van der Waals surface area contributed by atoms with Crippen molar-refractivity contribution in [1.82, 2.24) is 4.57 Å². The molecule has 7 aromatic carbocycles. The molecule has 3 heteroatoms. The Morgan fingerprint density at radius 1 is 0.356 bits per heavy atom. The zero-order valence-corrected chi connectivity index (χ0v) is 24.2. The van der Waals surface area contributed by atoms with Crippen LogP contribution in [0.3, 0.4) is 0 Å². The first-order valence-corrected chi connectivity index (χ1v) is 15.3. The summed E-state index contributed by atoms with van der Waals surface area (Å²) in [5, 5.41) is 6.95. The highest BCUT2D eigenvalue weighted by atomic mass is 16.3. The Hall–Kier alpha value is -6.06. The van der Waals surface area contributed by atoms with Crippen molar-refractivity contribution < 1.29 is 8.83 Å². The predicted octanol–water partition coefficient (Wildman–Crippen LogP) is 11.9. The third kappa shape index (κ3) is 3.52. The summed E-state index contributed by atoms with van der Waals surface area (Å²) in [6.45, 7) is 0. The third-order valence-electron chi connectivity index (χ3n) is 9.24. The van der Waals surface area contributed by atoms with Crippen LogP contribution >= 0.6 is 0 Å². The van der Waals surface area contributed by atoms with E-state index in [4.69, 9.17) is 8.83 Å². The number of para-hydroxylation sites is 3. The van der Waals surface area contributed by atoms with Gasteiger partial charge in [0.05, 0.1) is 16.4 Å². The molecule has 0 N–H and O–H groups in total. The lowest BCUT2D eigenvalue weighted by atomic mass is 9.97. The van der Waals surface area contributed by atoms with E-state index in [1.165, 1.54) is 33.2 Å². The van der Waals surface area contributed by atoms with Gasteiger partial charge >= 0.3 is 0 Å². The minimum Gasteiger partial charge on any atom is -0.456 e. The summed E-state index contributed by atoms with van der Waals surface area (Å²) in [7, 11) is 0. The molecule has 0 atom stereocenters. The first-order valence-electron chi connectivity index (χ1n) is 15.3. The minimum absolute atomic E-state index is 0.916. The van der Waals surface area contributed by atoms with E-state index < -0.39 is 0 Å². The lowest BCUT2D eigenvalue weighted by Gasteiger charge is -2.10. The monoisotopic (exact) mass is 575 g/mol. The van der Waals surface area contributed by atoms with Crippen molar-refractivity contribution in [1.29, 1.82) is 0 Å². The normalized spacial score (nSPS) is 12.0. The molecule has 0 saturated heterocycles. The highest BCUT2D eigenvalue weighted by Gasteiger charge is 2.18. The van der Waals surface area contributed by atoms with Crippen LogP contribution in [0.25, 0.3) is 93.6 Å². The van der Waals surface area contributed by atoms with Gasteiger partial charge in [-0.2, -0.15) is 0 Å². The van der Waals surface area contributed by atoms with Crippen molar-refractivity contribution in [2.75, 3.05) is 0 Å². The first kappa shape index (κ1) is 24.4. The van der Waals surface area contributed by atoms with Crippen LogP contribution in [-0.4, -0.2) is 4.57 Å². The summed E-state index contributed by atoms with van der Waals surface area (Å²) >= 11 is 0. The molecule has 0 aliphatic rings. The van der Waals surface area contributed by atoms with Crippen molar-refractivity contribution >= 4 is 65.7 Å². The van der Waals surface area contributed by atoms with E-state index in [1.807, 2.05) is 30.3 Å². The maximum absolute atomic E-state index is 6.46. The van der Waals surface area contributed by atoms with Crippen LogP contribution in [0.4, 0.5) is 0 Å². The van der Waals surface area contributed by atoms with Gasteiger partial charge in [-0.1, -0.05) is 103 Å². The fourth-order valence-electron chi connectivity index (χ4n) is 7.17. The van der Waals surface area contributed by atoms with E-state index in [0.29, 0.717) is 0 Å². The molecule has 3 nitrogen and oxygen atoms in total. The summed E-state index contributed by atoms with van der Waals surface area (Å²) in [4.78, 5) is 0. The smallest absolute Gasteiger partial charge is 0.145 e. The fourth-order valence-corrected chi connectivity index (χ4v) is 7.17. The molecule has 0 radical (unpaired) electrons. The Kier molecular flexibility index (Phi) is 5.00. The number of hydrogen-bond donors (Lipinski definition) is 0. The van der Waals surface area contributed by atoms with Crippen molar-refractivity contribution in [3.8, 4) is 27.9 Å². The van der Waals surface area contributed by atoms with Gasteiger partial charge in [-0.15, -0.1) is 0 Å². The Labute approximate surface area is 258 Å². The lowest BCUT2D eigenvalue weighted by Crippen LogP contribution is -1.93. The molecule has 3 aromatic heterocycles. The zero-order valence-electron chi connectivity index (χ0n) is 24.2. The van der Waals surface area contributed by atoms with Crippen LogP contribution in [-0.2, 0) is 0 Å². The largest absolute Gasteiger partial charge is 0.456 e. The molecule has 0 amide bonds. The number of nitrogens with zero attached hydrogens (tertiary/aromatic N) is 1. The Morgan fingerprint density at radius 3 is 1.78 bits per heavy atom. The molecule has 0 unspecified atom stereocenters. The molecule has 3 heterocycles. The number of rotatable bonds is 3. The second-order valence-electron chi connectivity index (χ2n) is 11.7. The van der Waals surface area contributed by atoms with Crippen molar-refractivity contribution in [3.05, 3.63) is 152 Å². The van der Waals surface area contributed by atoms with Gasteiger partial charge in [0.1, 0.15) is 22.3 Å². The van der Waals surface area contributed by atoms with Gasteiger partial charge in [-0.05, 0) is 70.8 Å². The number of hydrogen-bond acceptors (Lipinski definition) is 2. The summed E-state index contributed by atoms with van der Waals surface area (Å²) < 4.78 is 14.9. The van der Waals surface area contributed by atoms with E-state index in [2.05, 4.69) is 126 Å². The van der Waals surface area contributed by atoms with Gasteiger partial charge in [0, 0.05) is 32.6 Å². The van der Waals surface area contributed by atoms with Crippen molar-refractivity contribution in [2.24, 2.45) is 0 Å². The Morgan fingerprint density at radius 2 is 0.978 bits per heavy atom. The topological polar surface area (TPSA) is 31.2 Å². The van der Waals surface area contributed by atoms with E-state index in [9.17, 15) is 0 Å². The van der Waals surface area contributed by atoms with E-state index in [1.54, 1.807) is 0 Å². The average molecular weight is 576 g/mol. The maximum Gasteiger partial charge on any atom is 0.145 e. The van der Waals surface area contributed by atoms with Crippen LogP contribution < -0.4 is 0 Å². The fraction of sp³-hybridized carbons (Fsp3) is 0. The summed E-state index contributed by atoms with van der Waals surface area (Å²) in [5.41, 5.74) is 11.8. The second kappa shape index (κ2) is 9.22. The van der Waals surface area contributed by atoms with Gasteiger partial charge in [0.15, 0.2) is 0 Å². The molecule has 0 fully saturated rings. The number of furan rings is 2. The van der Waals surface area contributed by atoms with Crippen LogP contribution in [0.15, 0.2) is 160 Å². The number of fused-ring (bicyclic) bond motifs is 10. The molecule has 0 saturated carbocycles. The molecule has 45 heavy (non-hydrogen) atoms. The van der Waals surface area contributed by atoms with Crippen molar-refractivity contribution in [2.45, 2.75) is 0 Å². The number of benzene rings is 7. The zero-order chi connectivity index (χ0) is 29.5. The Bertz CT molecular complexity index is 2740. The highest BCUT2D eigenvalue weighted by molar-refractivity contribution is 6.23. The van der Waals surface area contributed by atoms with Crippen LogP contribution in [0.5, 0.6) is 0 Å². The van der Waals surface area contributed by atoms with E-state index in [-0.39, 0.29) is 0 Å². The Balaban J connectivity index is 1.06. The van der Waals surface area contributed by atoms with Crippen molar-refractivity contribution in [3.63, 3.8) is 0 Å². The molecule has 0 aliphatic carbocycles. The van der Waals surface area contributed by atoms with Gasteiger partial charge in [0.2, 0.25) is 0 Å². The summed E-state index contributed by atoms with van der Waals surface area (Å²) in [5.74, 6) is 0. The van der Waals surface area contributed by atoms with Gasteiger partial charge in [-0.3, -0.25) is 0 Å². The molecule has 10 aromatic rings. The lowest BCUT2D eigenvalue weighted by molar-refractivity contribution is 0.669. The van der Waals surface area contributed by atoms with Gasteiger partial charge in [-0.25, -0.2) is 0 Å². The SMILES string of the molecule is c1ccc2c(c1)oc1c2ccc2c1c1ccccc1n2-c1ccc(-c2ccc(-c3cccc4oc5ccccc5c34)cc2)cc1. The van der Waals surface area contributed by atoms with Gasteiger partial charge < -0.3 is 13.4 Å². The molecule has 10 rings (SSSR count). The quantitative estimate of drug-likeness (QED) is 0.210. The van der Waals surface area contributed by atoms with Crippen LogP contribution in [0.2, 0.25) is 0 Å². The van der Waals surface area contributed by atoms with Crippen LogP contribution in [0, 0.1) is 0 Å². The molecule has 0 bridgehead atoms. The second-order valence-corrected chi connectivity index (χ2v) is 11.7. The molecule has 0 aliphatic heterocycles. The summed E-state index contributed by atoms with van der Waals surface area (Å²) in [6, 6.07) is 53.6. The number of aromatic nitrogens is 1. The molecule has 0 spiro atoms. The minimum atomic E-state index is 0.916. The standard InChI is InChI=1S/C42H25NO2/c1-4-12-35-33(9-1)41-36(25-24-32-31-8-2-5-13-37(31)45-42(32)41)43(35)29-22-20-27(21-23-29)26-16-18-28(19-17-26)30-11-7-15-39-40(30)34-10-3-6-14-38(34)44-39/h1-25H. The first-order chi connectivity index (χ1) is 22.3. The highest BCUT2D eigenvalue weighted by Crippen LogP contribution is 2.41. The average Bonchev–Trinajstić information content (AvgIpc) is 3.78. The van der Waals surface area contributed by atoms with E-state index >= 15 is 0 Å². The van der Waals surface area contributed by atoms with E-state index in [0.717, 1.165) is 60.5 Å². The third-order valence-corrected chi connectivity index (χ3v) is 9.24. The molecule has 210 valence electrons. The van der Waals surface area contributed by atoms with Gasteiger partial charge in [0.25, 0.3) is 0 Å².